The van der Waals surface area contributed by atoms with E-state index in [0.717, 1.165) is 18.4 Å². The zero-order valence-corrected chi connectivity index (χ0v) is 9.30. The van der Waals surface area contributed by atoms with Gasteiger partial charge in [0.05, 0.1) is 5.92 Å². The van der Waals surface area contributed by atoms with Gasteiger partial charge in [0.15, 0.2) is 11.9 Å². The molecule has 0 radical (unpaired) electrons. The average molecular weight is 234 g/mol. The summed E-state index contributed by atoms with van der Waals surface area (Å²) in [6.07, 6.45) is 0.289. The summed E-state index contributed by atoms with van der Waals surface area (Å²) in [5.41, 5.74) is 1.49. The van der Waals surface area contributed by atoms with E-state index in [1.54, 1.807) is 12.1 Å². The number of carbonyl (C=O) groups excluding carboxylic acids is 1. The van der Waals surface area contributed by atoms with Gasteiger partial charge in [-0.3, -0.25) is 4.79 Å². The van der Waals surface area contributed by atoms with Gasteiger partial charge in [0.1, 0.15) is 0 Å². The third kappa shape index (κ3) is 2.22. The number of carboxylic acid groups (broad SMARTS) is 1. The van der Waals surface area contributed by atoms with Gasteiger partial charge in [0.25, 0.3) is 0 Å². The van der Waals surface area contributed by atoms with Crippen molar-refractivity contribution in [3.8, 4) is 0 Å². The highest BCUT2D eigenvalue weighted by atomic mass is 16.4. The highest BCUT2D eigenvalue weighted by Crippen LogP contribution is 2.26. The fourth-order valence-electron chi connectivity index (χ4n) is 2.30. The molecule has 1 aliphatic rings. The number of hydrogen-bond acceptors (Lipinski definition) is 3. The standard InChI is InChI=1S/C13H14O4/c14-11-9-6-2-1-4-8(9)5-3-7-10(11)12(15)13(16)17/h1-2,4,6,10,12,15H,3,5,7H2,(H,16,17). The number of fused-ring (bicyclic) bond motifs is 1. The van der Waals surface area contributed by atoms with Gasteiger partial charge in [-0.25, -0.2) is 4.79 Å². The Bertz CT molecular complexity index is 452. The quantitative estimate of drug-likeness (QED) is 0.755. The van der Waals surface area contributed by atoms with Crippen molar-refractivity contribution in [1.29, 1.82) is 0 Å². The van der Waals surface area contributed by atoms with Crippen molar-refractivity contribution >= 4 is 11.8 Å². The number of rotatable bonds is 2. The van der Waals surface area contributed by atoms with Gasteiger partial charge >= 0.3 is 5.97 Å². The van der Waals surface area contributed by atoms with Crippen LogP contribution in [0.15, 0.2) is 24.3 Å². The molecular weight excluding hydrogens is 220 g/mol. The van der Waals surface area contributed by atoms with Crippen molar-refractivity contribution < 1.29 is 19.8 Å². The Morgan fingerprint density at radius 2 is 2.06 bits per heavy atom. The average Bonchev–Trinajstić information content (AvgIpc) is 2.48. The van der Waals surface area contributed by atoms with Gasteiger partial charge < -0.3 is 10.2 Å². The van der Waals surface area contributed by atoms with Crippen LogP contribution >= 0.6 is 0 Å². The Hall–Kier alpha value is -1.68. The van der Waals surface area contributed by atoms with E-state index in [1.165, 1.54) is 0 Å². The summed E-state index contributed by atoms with van der Waals surface area (Å²) in [4.78, 5) is 22.9. The Morgan fingerprint density at radius 1 is 1.35 bits per heavy atom. The summed E-state index contributed by atoms with van der Waals surface area (Å²) < 4.78 is 0. The number of benzene rings is 1. The molecule has 0 saturated carbocycles. The van der Waals surface area contributed by atoms with Crippen LogP contribution in [0.25, 0.3) is 0 Å². The van der Waals surface area contributed by atoms with E-state index in [-0.39, 0.29) is 5.78 Å². The Kier molecular flexibility index (Phi) is 3.24. The lowest BCUT2D eigenvalue weighted by atomic mass is 9.90. The first kappa shape index (κ1) is 11.8. The van der Waals surface area contributed by atoms with E-state index in [2.05, 4.69) is 0 Å². The maximum Gasteiger partial charge on any atom is 0.333 e. The fourth-order valence-corrected chi connectivity index (χ4v) is 2.30. The van der Waals surface area contributed by atoms with Crippen LogP contribution in [-0.4, -0.2) is 28.1 Å². The second-order valence-corrected chi connectivity index (χ2v) is 4.30. The molecular formula is C13H14O4. The second-order valence-electron chi connectivity index (χ2n) is 4.30. The normalized spacial score (nSPS) is 21.5. The lowest BCUT2D eigenvalue weighted by Gasteiger charge is -2.16. The fraction of sp³-hybridized carbons (Fsp3) is 0.385. The maximum atomic E-state index is 12.2. The van der Waals surface area contributed by atoms with Crippen molar-refractivity contribution in [2.24, 2.45) is 5.92 Å². The van der Waals surface area contributed by atoms with Crippen LogP contribution in [0, 0.1) is 5.92 Å². The molecule has 0 saturated heterocycles. The number of Topliss-reactive ketones (excluding diaryl/α,β-unsaturated/α-hetero) is 1. The summed E-state index contributed by atoms with van der Waals surface area (Å²) in [7, 11) is 0. The molecule has 1 aromatic carbocycles. The number of aryl methyl sites for hydroxylation is 1. The number of carbonyl (C=O) groups is 2. The number of aliphatic hydroxyl groups excluding tert-OH is 1. The first-order valence-electron chi connectivity index (χ1n) is 5.64. The van der Waals surface area contributed by atoms with Crippen molar-refractivity contribution in [3.05, 3.63) is 35.4 Å². The van der Waals surface area contributed by atoms with Crippen LogP contribution in [0.5, 0.6) is 0 Å². The van der Waals surface area contributed by atoms with E-state index in [9.17, 15) is 14.7 Å². The molecule has 2 rings (SSSR count). The summed E-state index contributed by atoms with van der Waals surface area (Å²) in [5, 5.41) is 18.3. The van der Waals surface area contributed by atoms with Gasteiger partial charge in [0.2, 0.25) is 0 Å². The lowest BCUT2D eigenvalue weighted by Crippen LogP contribution is -2.34. The maximum absolute atomic E-state index is 12.2. The molecule has 90 valence electrons. The van der Waals surface area contributed by atoms with E-state index >= 15 is 0 Å². The molecule has 17 heavy (non-hydrogen) atoms. The molecule has 0 fully saturated rings. The molecule has 0 spiro atoms. The molecule has 1 aliphatic carbocycles. The van der Waals surface area contributed by atoms with Gasteiger partial charge in [0, 0.05) is 5.56 Å². The van der Waals surface area contributed by atoms with Gasteiger partial charge in [-0.15, -0.1) is 0 Å². The minimum atomic E-state index is -1.60. The molecule has 2 atom stereocenters. The molecule has 0 amide bonds. The zero-order valence-electron chi connectivity index (χ0n) is 9.30. The Labute approximate surface area is 98.9 Å². The minimum absolute atomic E-state index is 0.256. The number of hydrogen-bond donors (Lipinski definition) is 2. The van der Waals surface area contributed by atoms with Crippen molar-refractivity contribution in [3.63, 3.8) is 0 Å². The molecule has 0 bridgehead atoms. The Morgan fingerprint density at radius 3 is 2.76 bits per heavy atom. The number of aliphatic carboxylic acids is 1. The number of carboxylic acids is 1. The highest BCUT2D eigenvalue weighted by molar-refractivity contribution is 6.01. The second kappa shape index (κ2) is 4.67. The van der Waals surface area contributed by atoms with Crippen LogP contribution in [0.1, 0.15) is 28.8 Å². The van der Waals surface area contributed by atoms with E-state index in [1.807, 2.05) is 12.1 Å². The molecule has 0 aliphatic heterocycles. The number of aliphatic hydroxyl groups is 1. The third-order valence-corrected chi connectivity index (χ3v) is 3.21. The van der Waals surface area contributed by atoms with E-state index in [4.69, 9.17) is 5.11 Å². The first-order valence-corrected chi connectivity index (χ1v) is 5.64. The summed E-state index contributed by atoms with van der Waals surface area (Å²) in [5.74, 6) is -2.41. The van der Waals surface area contributed by atoms with Crippen LogP contribution in [0.3, 0.4) is 0 Å². The zero-order chi connectivity index (χ0) is 12.4. The topological polar surface area (TPSA) is 74.6 Å². The van der Waals surface area contributed by atoms with E-state index < -0.39 is 18.0 Å². The largest absolute Gasteiger partial charge is 0.479 e. The molecule has 4 heteroatoms. The van der Waals surface area contributed by atoms with Crippen LogP contribution in [-0.2, 0) is 11.2 Å². The highest BCUT2D eigenvalue weighted by Gasteiger charge is 2.34. The summed E-state index contributed by atoms with van der Waals surface area (Å²) in [6.45, 7) is 0. The van der Waals surface area contributed by atoms with Crippen LogP contribution in [0.4, 0.5) is 0 Å². The molecule has 2 unspecified atom stereocenters. The SMILES string of the molecule is O=C(O)C(O)C1CCCc2ccccc2C1=O. The molecule has 4 nitrogen and oxygen atoms in total. The molecule has 0 heterocycles. The van der Waals surface area contributed by atoms with Crippen molar-refractivity contribution in [2.75, 3.05) is 0 Å². The first-order chi connectivity index (χ1) is 8.11. The summed E-state index contributed by atoms with van der Waals surface area (Å²) in [6, 6.07) is 7.19. The predicted octanol–water partition coefficient (Wildman–Crippen LogP) is 1.27. The Balaban J connectivity index is 2.35. The monoisotopic (exact) mass is 234 g/mol. The summed E-state index contributed by atoms with van der Waals surface area (Å²) >= 11 is 0. The smallest absolute Gasteiger partial charge is 0.333 e. The van der Waals surface area contributed by atoms with Crippen molar-refractivity contribution in [1.82, 2.24) is 0 Å². The van der Waals surface area contributed by atoms with E-state index in [0.29, 0.717) is 12.0 Å². The minimum Gasteiger partial charge on any atom is -0.479 e. The predicted molar refractivity (Wildman–Crippen MR) is 60.8 cm³/mol. The number of ketones is 1. The van der Waals surface area contributed by atoms with Crippen LogP contribution in [0.2, 0.25) is 0 Å². The van der Waals surface area contributed by atoms with Crippen molar-refractivity contribution in [2.45, 2.75) is 25.4 Å². The van der Waals surface area contributed by atoms with Gasteiger partial charge in [-0.05, 0) is 24.8 Å². The van der Waals surface area contributed by atoms with Gasteiger partial charge in [-0.2, -0.15) is 0 Å². The van der Waals surface area contributed by atoms with Crippen LogP contribution < -0.4 is 0 Å². The van der Waals surface area contributed by atoms with Gasteiger partial charge in [-0.1, -0.05) is 24.3 Å². The molecule has 0 aromatic heterocycles. The molecule has 2 N–H and O–H groups in total. The lowest BCUT2D eigenvalue weighted by molar-refractivity contribution is -0.148. The third-order valence-electron chi connectivity index (χ3n) is 3.21. The molecule has 1 aromatic rings.